The van der Waals surface area contributed by atoms with Crippen LogP contribution in [0.15, 0.2) is 48.7 Å². The number of rotatable bonds is 8. The first kappa shape index (κ1) is 17.7. The fourth-order valence-corrected chi connectivity index (χ4v) is 2.75. The zero-order valence-electron chi connectivity index (χ0n) is 13.8. The van der Waals surface area contributed by atoms with E-state index in [0.717, 1.165) is 17.9 Å². The lowest BCUT2D eigenvalue weighted by molar-refractivity contribution is -0.154. The second kappa shape index (κ2) is 7.87. The van der Waals surface area contributed by atoms with E-state index in [0.29, 0.717) is 6.54 Å². The van der Waals surface area contributed by atoms with Crippen molar-refractivity contribution in [2.75, 3.05) is 6.61 Å². The van der Waals surface area contributed by atoms with Crippen molar-refractivity contribution in [3.05, 3.63) is 59.8 Å². The van der Waals surface area contributed by atoms with Crippen LogP contribution < -0.4 is 10.1 Å². The summed E-state index contributed by atoms with van der Waals surface area (Å²) in [6.45, 7) is -0.775. The molecule has 0 bridgehead atoms. The number of pyridine rings is 1. The highest BCUT2D eigenvalue weighted by Crippen LogP contribution is 2.37. The monoisotopic (exact) mass is 350 g/mol. The lowest BCUT2D eigenvalue weighted by Gasteiger charge is -2.19. The van der Waals surface area contributed by atoms with Gasteiger partial charge in [0.05, 0.1) is 0 Å². The number of hydrogen-bond acceptors (Lipinski definition) is 3. The Morgan fingerprint density at radius 3 is 2.60 bits per heavy atom. The Bertz CT molecular complexity index is 672. The Kier molecular flexibility index (Phi) is 5.58. The minimum Gasteiger partial charge on any atom is -0.468 e. The van der Waals surface area contributed by atoms with Crippen LogP contribution >= 0.6 is 0 Å². The van der Waals surface area contributed by atoms with Crippen LogP contribution in [0.2, 0.25) is 0 Å². The fourth-order valence-electron chi connectivity index (χ4n) is 2.75. The summed E-state index contributed by atoms with van der Waals surface area (Å²) in [5, 5.41) is 3.52. The summed E-state index contributed by atoms with van der Waals surface area (Å²) in [5.74, 6) is 0.760. The summed E-state index contributed by atoms with van der Waals surface area (Å²) in [7, 11) is 0. The summed E-state index contributed by atoms with van der Waals surface area (Å²) in [6.07, 6.45) is 0.734. The molecule has 0 radical (unpaired) electrons. The summed E-state index contributed by atoms with van der Waals surface area (Å²) in [4.78, 5) is 3.84. The maximum Gasteiger partial charge on any atom is 0.422 e. The molecule has 1 heterocycles. The highest BCUT2D eigenvalue weighted by Gasteiger charge is 2.29. The highest BCUT2D eigenvalue weighted by molar-refractivity contribution is 5.22. The van der Waals surface area contributed by atoms with Gasteiger partial charge < -0.3 is 10.1 Å². The SMILES string of the molecule is FC(F)(F)COc1cc(CNC(CC2CC2)c2ccccc2)ccn1. The van der Waals surface area contributed by atoms with E-state index in [4.69, 9.17) is 4.74 Å². The van der Waals surface area contributed by atoms with Gasteiger partial charge in [0.2, 0.25) is 5.88 Å². The quantitative estimate of drug-likeness (QED) is 0.752. The van der Waals surface area contributed by atoms with E-state index < -0.39 is 12.8 Å². The molecule has 1 aromatic carbocycles. The van der Waals surface area contributed by atoms with Crippen LogP contribution in [0.4, 0.5) is 13.2 Å². The first-order valence-corrected chi connectivity index (χ1v) is 8.42. The second-order valence-electron chi connectivity index (χ2n) is 6.43. The largest absolute Gasteiger partial charge is 0.468 e. The van der Waals surface area contributed by atoms with Gasteiger partial charge >= 0.3 is 6.18 Å². The third kappa shape index (κ3) is 6.05. The van der Waals surface area contributed by atoms with E-state index >= 15 is 0 Å². The summed E-state index contributed by atoms with van der Waals surface area (Å²) >= 11 is 0. The first-order valence-electron chi connectivity index (χ1n) is 8.42. The predicted octanol–water partition coefficient (Wildman–Crippen LogP) is 4.65. The molecular formula is C19H21F3N2O. The number of hydrogen-bond donors (Lipinski definition) is 1. The topological polar surface area (TPSA) is 34.1 Å². The number of halogens is 3. The summed E-state index contributed by atoms with van der Waals surface area (Å²) in [6, 6.07) is 13.8. The van der Waals surface area contributed by atoms with Crippen LogP contribution in [-0.2, 0) is 6.54 Å². The lowest BCUT2D eigenvalue weighted by atomic mass is 10.0. The molecule has 0 saturated heterocycles. The molecule has 0 aliphatic heterocycles. The molecule has 25 heavy (non-hydrogen) atoms. The summed E-state index contributed by atoms with van der Waals surface area (Å²) in [5.41, 5.74) is 2.08. The number of alkyl halides is 3. The van der Waals surface area contributed by atoms with Gasteiger partial charge in [0.25, 0.3) is 0 Å². The molecule has 1 aliphatic carbocycles. The second-order valence-corrected chi connectivity index (χ2v) is 6.43. The Morgan fingerprint density at radius 1 is 1.16 bits per heavy atom. The Morgan fingerprint density at radius 2 is 1.92 bits per heavy atom. The standard InChI is InChI=1S/C19H21F3N2O/c20-19(21,22)13-25-18-11-15(8-9-23-18)12-24-17(10-14-6-7-14)16-4-2-1-3-5-16/h1-5,8-9,11,14,17,24H,6-7,10,12-13H2. The number of ether oxygens (including phenoxy) is 1. The fraction of sp³-hybridized carbons (Fsp3) is 0.421. The molecule has 134 valence electrons. The summed E-state index contributed by atoms with van der Waals surface area (Å²) < 4.78 is 41.5. The van der Waals surface area contributed by atoms with Gasteiger partial charge in [-0.15, -0.1) is 0 Å². The Labute approximate surface area is 145 Å². The van der Waals surface area contributed by atoms with E-state index in [1.54, 1.807) is 12.1 Å². The van der Waals surface area contributed by atoms with Crippen LogP contribution in [0.25, 0.3) is 0 Å². The van der Waals surface area contributed by atoms with Crippen molar-refractivity contribution < 1.29 is 17.9 Å². The molecule has 1 N–H and O–H groups in total. The maximum atomic E-state index is 12.2. The van der Waals surface area contributed by atoms with Crippen LogP contribution in [0.1, 0.15) is 36.4 Å². The maximum absolute atomic E-state index is 12.2. The molecule has 1 atom stereocenters. The van der Waals surface area contributed by atoms with Crippen molar-refractivity contribution in [1.82, 2.24) is 10.3 Å². The van der Waals surface area contributed by atoms with Crippen LogP contribution in [0, 0.1) is 5.92 Å². The molecule has 1 aliphatic rings. The minimum atomic E-state index is -4.36. The molecule has 1 fully saturated rings. The van der Waals surface area contributed by atoms with Crippen LogP contribution in [0.3, 0.4) is 0 Å². The number of nitrogens with one attached hydrogen (secondary N) is 1. The van der Waals surface area contributed by atoms with E-state index in [-0.39, 0.29) is 11.9 Å². The molecule has 6 heteroatoms. The van der Waals surface area contributed by atoms with E-state index in [2.05, 4.69) is 22.4 Å². The molecule has 1 aromatic heterocycles. The first-order chi connectivity index (χ1) is 12.0. The van der Waals surface area contributed by atoms with Gasteiger partial charge in [0, 0.05) is 24.8 Å². The third-order valence-electron chi connectivity index (χ3n) is 4.20. The number of benzene rings is 1. The molecule has 0 amide bonds. The smallest absolute Gasteiger partial charge is 0.422 e. The van der Waals surface area contributed by atoms with Crippen molar-refractivity contribution in [2.45, 2.75) is 38.0 Å². The lowest BCUT2D eigenvalue weighted by Crippen LogP contribution is -2.22. The van der Waals surface area contributed by atoms with Crippen molar-refractivity contribution >= 4 is 0 Å². The van der Waals surface area contributed by atoms with Gasteiger partial charge in [-0.2, -0.15) is 13.2 Å². The Balaban J connectivity index is 1.60. The number of nitrogens with zero attached hydrogens (tertiary/aromatic N) is 1. The molecule has 1 saturated carbocycles. The average molecular weight is 350 g/mol. The molecule has 0 spiro atoms. The van der Waals surface area contributed by atoms with Gasteiger partial charge in [-0.1, -0.05) is 43.2 Å². The third-order valence-corrected chi connectivity index (χ3v) is 4.20. The highest BCUT2D eigenvalue weighted by atomic mass is 19.4. The van der Waals surface area contributed by atoms with Crippen molar-refractivity contribution in [2.24, 2.45) is 5.92 Å². The minimum absolute atomic E-state index is 0.00456. The van der Waals surface area contributed by atoms with E-state index in [1.165, 1.54) is 24.6 Å². The van der Waals surface area contributed by atoms with Crippen LogP contribution in [-0.4, -0.2) is 17.8 Å². The molecule has 3 nitrogen and oxygen atoms in total. The van der Waals surface area contributed by atoms with Crippen molar-refractivity contribution in [3.63, 3.8) is 0 Å². The normalized spacial score (nSPS) is 15.8. The molecule has 3 rings (SSSR count). The molecule has 1 unspecified atom stereocenters. The zero-order chi connectivity index (χ0) is 17.7. The average Bonchev–Trinajstić information content (AvgIpc) is 3.41. The predicted molar refractivity (Wildman–Crippen MR) is 89.2 cm³/mol. The van der Waals surface area contributed by atoms with Gasteiger partial charge in [0.1, 0.15) is 0 Å². The van der Waals surface area contributed by atoms with Crippen molar-refractivity contribution in [1.29, 1.82) is 0 Å². The van der Waals surface area contributed by atoms with Crippen molar-refractivity contribution in [3.8, 4) is 5.88 Å². The molecular weight excluding hydrogens is 329 g/mol. The van der Waals surface area contributed by atoms with Crippen LogP contribution in [0.5, 0.6) is 5.88 Å². The van der Waals surface area contributed by atoms with Gasteiger partial charge in [0.15, 0.2) is 6.61 Å². The zero-order valence-corrected chi connectivity index (χ0v) is 13.8. The molecule has 2 aromatic rings. The van der Waals surface area contributed by atoms with Gasteiger partial charge in [-0.05, 0) is 29.5 Å². The number of aromatic nitrogens is 1. The van der Waals surface area contributed by atoms with Gasteiger partial charge in [-0.25, -0.2) is 4.98 Å². The Hall–Kier alpha value is -2.08. The van der Waals surface area contributed by atoms with Gasteiger partial charge in [-0.3, -0.25) is 0 Å². The van der Waals surface area contributed by atoms with E-state index in [9.17, 15) is 13.2 Å². The van der Waals surface area contributed by atoms with E-state index in [1.807, 2.05) is 18.2 Å².